The number of carbonyl (C=O) groups is 1. The van der Waals surface area contributed by atoms with Crippen LogP contribution in [0.15, 0.2) is 94.7 Å². The van der Waals surface area contributed by atoms with E-state index in [4.69, 9.17) is 0 Å². The number of benzene rings is 3. The summed E-state index contributed by atoms with van der Waals surface area (Å²) in [6.07, 6.45) is 0. The van der Waals surface area contributed by atoms with E-state index in [0.29, 0.717) is 26.2 Å². The maximum absolute atomic E-state index is 13.9. The molecule has 0 bridgehead atoms. The molecule has 39 heavy (non-hydrogen) atoms. The number of halogens is 1. The minimum atomic E-state index is -4.07. The summed E-state index contributed by atoms with van der Waals surface area (Å²) in [6.45, 7) is 1.05. The Bertz CT molecular complexity index is 1510. The van der Waals surface area contributed by atoms with Crippen molar-refractivity contribution in [1.82, 2.24) is 13.5 Å². The summed E-state index contributed by atoms with van der Waals surface area (Å²) < 4.78 is 69.7. The van der Waals surface area contributed by atoms with E-state index < -0.39 is 32.0 Å². The number of nitrogens with zero attached hydrogens (tertiary/aromatic N) is 4. The van der Waals surface area contributed by atoms with Gasteiger partial charge in [-0.25, -0.2) is 21.2 Å². The largest absolute Gasteiger partial charge is 0.368 e. The van der Waals surface area contributed by atoms with Crippen LogP contribution in [0.25, 0.3) is 0 Å². The van der Waals surface area contributed by atoms with E-state index in [1.807, 2.05) is 4.90 Å². The topological polar surface area (TPSA) is 98.3 Å². The number of hydrogen-bond acceptors (Lipinski definition) is 6. The first-order valence-electron chi connectivity index (χ1n) is 12.6. The second-order valence-corrected chi connectivity index (χ2v) is 13.2. The van der Waals surface area contributed by atoms with Crippen molar-refractivity contribution in [2.45, 2.75) is 15.8 Å². The Balaban J connectivity index is 1.40. The molecule has 3 aromatic rings. The smallest absolute Gasteiger partial charge is 0.243 e. The minimum Gasteiger partial charge on any atom is -0.368 e. The fraction of sp³-hybridized carbons (Fsp3) is 0.296. The van der Waals surface area contributed by atoms with E-state index in [1.54, 1.807) is 53.4 Å². The molecule has 5 rings (SSSR count). The molecule has 9 nitrogen and oxygen atoms in total. The third kappa shape index (κ3) is 5.55. The second-order valence-electron chi connectivity index (χ2n) is 9.41. The van der Waals surface area contributed by atoms with E-state index in [0.717, 1.165) is 9.99 Å². The SMILES string of the molecule is O=C(C1CN(S(=O)(=O)c2ccccc2)CCN1S(=O)(=O)c1ccccc1)N1CCN(c2ccc(F)cc2)CC1. The van der Waals surface area contributed by atoms with Crippen LogP contribution >= 0.6 is 0 Å². The maximum atomic E-state index is 13.9. The molecule has 0 N–H and O–H groups in total. The van der Waals surface area contributed by atoms with Gasteiger partial charge in [0.15, 0.2) is 0 Å². The molecule has 2 aliphatic rings. The van der Waals surface area contributed by atoms with Crippen molar-refractivity contribution in [2.75, 3.05) is 50.7 Å². The van der Waals surface area contributed by atoms with Gasteiger partial charge in [-0.15, -0.1) is 0 Å². The lowest BCUT2D eigenvalue weighted by Gasteiger charge is -2.43. The fourth-order valence-corrected chi connectivity index (χ4v) is 8.01. The summed E-state index contributed by atoms with van der Waals surface area (Å²) >= 11 is 0. The van der Waals surface area contributed by atoms with Crippen LogP contribution in [0.4, 0.5) is 10.1 Å². The van der Waals surface area contributed by atoms with Crippen LogP contribution in [0.3, 0.4) is 0 Å². The summed E-state index contributed by atoms with van der Waals surface area (Å²) in [5.41, 5.74) is 0.828. The number of sulfonamides is 2. The van der Waals surface area contributed by atoms with E-state index >= 15 is 0 Å². The lowest BCUT2D eigenvalue weighted by atomic mass is 10.1. The molecule has 0 aromatic heterocycles. The first-order valence-corrected chi connectivity index (χ1v) is 15.5. The molecule has 0 aliphatic carbocycles. The Kier molecular flexibility index (Phi) is 7.72. The highest BCUT2D eigenvalue weighted by Crippen LogP contribution is 2.27. The third-order valence-electron chi connectivity index (χ3n) is 7.09. The van der Waals surface area contributed by atoms with Gasteiger partial charge in [0.25, 0.3) is 0 Å². The molecule has 2 saturated heterocycles. The Morgan fingerprint density at radius 1 is 0.667 bits per heavy atom. The monoisotopic (exact) mass is 572 g/mol. The standard InChI is InChI=1S/C27H29FN4O5S2/c28-22-11-13-23(14-12-22)29-15-17-30(18-16-29)27(33)26-21-31(38(34,35)24-7-3-1-4-8-24)19-20-32(26)39(36,37)25-9-5-2-6-10-25/h1-14,26H,15-21H2. The van der Waals surface area contributed by atoms with Crippen molar-refractivity contribution in [3.05, 3.63) is 90.7 Å². The van der Waals surface area contributed by atoms with E-state index in [2.05, 4.69) is 0 Å². The predicted molar refractivity (Wildman–Crippen MR) is 145 cm³/mol. The summed E-state index contributed by atoms with van der Waals surface area (Å²) in [4.78, 5) is 17.6. The van der Waals surface area contributed by atoms with Crippen molar-refractivity contribution in [2.24, 2.45) is 0 Å². The number of carbonyl (C=O) groups excluding carboxylic acids is 1. The number of rotatable bonds is 6. The van der Waals surface area contributed by atoms with Crippen LogP contribution in [-0.2, 0) is 24.8 Å². The quantitative estimate of drug-likeness (QED) is 0.450. The van der Waals surface area contributed by atoms with Crippen molar-refractivity contribution in [3.63, 3.8) is 0 Å². The normalized spacial score (nSPS) is 19.7. The molecule has 2 aliphatic heterocycles. The zero-order chi connectivity index (χ0) is 27.6. The minimum absolute atomic E-state index is 0.0447. The van der Waals surface area contributed by atoms with Crippen LogP contribution in [0.5, 0.6) is 0 Å². The zero-order valence-corrected chi connectivity index (χ0v) is 22.8. The molecule has 1 unspecified atom stereocenters. The number of anilines is 1. The number of amides is 1. The molecule has 206 valence electrons. The molecule has 1 atom stereocenters. The summed E-state index contributed by atoms with van der Waals surface area (Å²) in [6, 6.07) is 20.6. The highest BCUT2D eigenvalue weighted by molar-refractivity contribution is 7.89. The lowest BCUT2D eigenvalue weighted by molar-refractivity contribution is -0.136. The lowest BCUT2D eigenvalue weighted by Crippen LogP contribution is -2.63. The van der Waals surface area contributed by atoms with Crippen molar-refractivity contribution in [1.29, 1.82) is 0 Å². The van der Waals surface area contributed by atoms with Gasteiger partial charge in [0.1, 0.15) is 11.9 Å². The highest BCUT2D eigenvalue weighted by Gasteiger charge is 2.45. The molecule has 3 aromatic carbocycles. The molecular weight excluding hydrogens is 543 g/mol. The molecule has 2 fully saturated rings. The first kappa shape index (κ1) is 27.3. The van der Waals surface area contributed by atoms with Crippen molar-refractivity contribution < 1.29 is 26.0 Å². The van der Waals surface area contributed by atoms with Gasteiger partial charge in [0.2, 0.25) is 26.0 Å². The van der Waals surface area contributed by atoms with Gasteiger partial charge in [0.05, 0.1) is 9.79 Å². The van der Waals surface area contributed by atoms with Gasteiger partial charge in [-0.2, -0.15) is 8.61 Å². The van der Waals surface area contributed by atoms with Gasteiger partial charge >= 0.3 is 0 Å². The first-order chi connectivity index (χ1) is 18.7. The van der Waals surface area contributed by atoms with Gasteiger partial charge in [0, 0.05) is 51.5 Å². The molecule has 0 radical (unpaired) electrons. The fourth-order valence-electron chi connectivity index (χ4n) is 4.97. The van der Waals surface area contributed by atoms with Gasteiger partial charge in [-0.3, -0.25) is 4.79 Å². The van der Waals surface area contributed by atoms with E-state index in [9.17, 15) is 26.0 Å². The number of piperazine rings is 2. The molecule has 0 spiro atoms. The van der Waals surface area contributed by atoms with Crippen LogP contribution in [-0.4, -0.2) is 88.1 Å². The van der Waals surface area contributed by atoms with Crippen LogP contribution in [0.1, 0.15) is 0 Å². The predicted octanol–water partition coefficient (Wildman–Crippen LogP) is 2.24. The van der Waals surface area contributed by atoms with Gasteiger partial charge in [-0.1, -0.05) is 36.4 Å². The van der Waals surface area contributed by atoms with Crippen molar-refractivity contribution >= 4 is 31.6 Å². The Morgan fingerprint density at radius 3 is 1.77 bits per heavy atom. The van der Waals surface area contributed by atoms with Crippen LogP contribution in [0.2, 0.25) is 0 Å². The Morgan fingerprint density at radius 2 is 1.21 bits per heavy atom. The Hall–Kier alpha value is -3.32. The molecule has 1 amide bonds. The second kappa shape index (κ2) is 11.0. The van der Waals surface area contributed by atoms with Gasteiger partial charge < -0.3 is 9.80 Å². The summed E-state index contributed by atoms with van der Waals surface area (Å²) in [7, 11) is -8.01. The van der Waals surface area contributed by atoms with E-state index in [-0.39, 0.29) is 35.2 Å². The average molecular weight is 573 g/mol. The maximum Gasteiger partial charge on any atom is 0.243 e. The molecule has 0 saturated carbocycles. The highest BCUT2D eigenvalue weighted by atomic mass is 32.2. The van der Waals surface area contributed by atoms with Gasteiger partial charge in [-0.05, 0) is 48.5 Å². The molecular formula is C27H29FN4O5S2. The Labute approximate surface area is 228 Å². The van der Waals surface area contributed by atoms with Crippen LogP contribution < -0.4 is 4.90 Å². The third-order valence-corrected chi connectivity index (χ3v) is 10.9. The summed E-state index contributed by atoms with van der Waals surface area (Å²) in [5, 5.41) is 0. The average Bonchev–Trinajstić information content (AvgIpc) is 2.98. The summed E-state index contributed by atoms with van der Waals surface area (Å²) in [5.74, 6) is -0.777. The number of hydrogen-bond donors (Lipinski definition) is 0. The molecule has 2 heterocycles. The van der Waals surface area contributed by atoms with E-state index in [1.165, 1.54) is 40.7 Å². The van der Waals surface area contributed by atoms with Crippen molar-refractivity contribution in [3.8, 4) is 0 Å². The zero-order valence-electron chi connectivity index (χ0n) is 21.1. The van der Waals surface area contributed by atoms with Crippen LogP contribution in [0, 0.1) is 5.82 Å². The molecule has 12 heteroatoms.